The number of hydrogen-bond acceptors (Lipinski definition) is 1. The van der Waals surface area contributed by atoms with Gasteiger partial charge in [0.05, 0.1) is 22.8 Å². The minimum Gasteiger partial charge on any atom is -0.464 e. The second-order valence-corrected chi connectivity index (χ2v) is 8.67. The first-order valence-electron chi connectivity index (χ1n) is 11.8. The van der Waals surface area contributed by atoms with Crippen molar-refractivity contribution in [3.63, 3.8) is 0 Å². The van der Waals surface area contributed by atoms with E-state index in [0.717, 1.165) is 33.2 Å². The van der Waals surface area contributed by atoms with Crippen molar-refractivity contribution in [1.29, 1.82) is 0 Å². The molecule has 0 aliphatic rings. The summed E-state index contributed by atoms with van der Waals surface area (Å²) in [6.07, 6.45) is 3.87. The van der Waals surface area contributed by atoms with Crippen molar-refractivity contribution in [3.05, 3.63) is 134 Å². The summed E-state index contributed by atoms with van der Waals surface area (Å²) in [6, 6.07) is 42.6. The number of rotatable bonds is 2. The fourth-order valence-electron chi connectivity index (χ4n) is 5.12. The molecule has 0 saturated heterocycles. The molecule has 3 heteroatoms. The van der Waals surface area contributed by atoms with Crippen molar-refractivity contribution < 1.29 is 4.42 Å². The Balaban J connectivity index is 1.46. The van der Waals surface area contributed by atoms with Crippen molar-refractivity contribution in [2.75, 3.05) is 0 Å². The van der Waals surface area contributed by atoms with Gasteiger partial charge in [0.25, 0.3) is 0 Å². The van der Waals surface area contributed by atoms with E-state index in [0.29, 0.717) is 0 Å². The highest BCUT2D eigenvalue weighted by atomic mass is 16.3. The monoisotopic (exact) mass is 450 g/mol. The van der Waals surface area contributed by atoms with E-state index in [1.165, 1.54) is 21.8 Å². The summed E-state index contributed by atoms with van der Waals surface area (Å²) in [5.41, 5.74) is 6.67. The Kier molecular flexibility index (Phi) is 4.46. The first kappa shape index (κ1) is 19.7. The molecule has 7 rings (SSSR count). The second-order valence-electron chi connectivity index (χ2n) is 8.67. The van der Waals surface area contributed by atoms with E-state index in [1.54, 1.807) is 6.26 Å². The predicted molar refractivity (Wildman–Crippen MR) is 145 cm³/mol. The third kappa shape index (κ3) is 3.13. The van der Waals surface area contributed by atoms with Crippen LogP contribution < -0.4 is 0 Å². The zero-order valence-corrected chi connectivity index (χ0v) is 19.0. The average molecular weight is 451 g/mol. The minimum absolute atomic E-state index is 0.891. The first-order chi connectivity index (χ1) is 17.4. The van der Waals surface area contributed by atoms with E-state index in [1.807, 2.05) is 18.2 Å². The number of fused-ring (bicyclic) bond motifs is 6. The maximum absolute atomic E-state index is 5.66. The van der Waals surface area contributed by atoms with Gasteiger partial charge in [-0.3, -0.25) is 0 Å². The summed E-state index contributed by atoms with van der Waals surface area (Å²) in [7, 11) is 0. The van der Waals surface area contributed by atoms with Gasteiger partial charge in [0.2, 0.25) is 0 Å². The molecule has 3 nitrogen and oxygen atoms in total. The highest BCUT2D eigenvalue weighted by Crippen LogP contribution is 2.32. The van der Waals surface area contributed by atoms with Gasteiger partial charge in [-0.1, -0.05) is 60.7 Å². The number of furan rings is 1. The van der Waals surface area contributed by atoms with E-state index in [-0.39, 0.29) is 0 Å². The van der Waals surface area contributed by atoms with Crippen molar-refractivity contribution in [2.45, 2.75) is 0 Å². The molecule has 0 bridgehead atoms. The molecule has 35 heavy (non-hydrogen) atoms. The number of nitrogens with zero attached hydrogens (tertiary/aromatic N) is 2. The number of hydrogen-bond donors (Lipinski definition) is 0. The van der Waals surface area contributed by atoms with Crippen LogP contribution in [-0.2, 0) is 0 Å². The van der Waals surface area contributed by atoms with E-state index in [9.17, 15) is 0 Å². The van der Waals surface area contributed by atoms with Crippen LogP contribution >= 0.6 is 0 Å². The van der Waals surface area contributed by atoms with Gasteiger partial charge in [-0.05, 0) is 60.7 Å². The van der Waals surface area contributed by atoms with Gasteiger partial charge in [-0.25, -0.2) is 0 Å². The van der Waals surface area contributed by atoms with Crippen molar-refractivity contribution in [3.8, 4) is 11.4 Å². The topological polar surface area (TPSA) is 23.0 Å². The molecule has 0 radical (unpaired) electrons. The number of aromatic nitrogens is 2. The van der Waals surface area contributed by atoms with Crippen LogP contribution in [0.25, 0.3) is 55.1 Å². The molecule has 0 saturated carbocycles. The molecule has 0 aliphatic heterocycles. The summed E-state index contributed by atoms with van der Waals surface area (Å²) in [4.78, 5) is 0. The largest absolute Gasteiger partial charge is 0.464 e. The van der Waals surface area contributed by atoms with Crippen LogP contribution in [-0.4, -0.2) is 9.13 Å². The van der Waals surface area contributed by atoms with Crippen LogP contribution in [0.4, 0.5) is 0 Å². The van der Waals surface area contributed by atoms with Crippen molar-refractivity contribution in [1.82, 2.24) is 9.13 Å². The van der Waals surface area contributed by atoms with Gasteiger partial charge in [-0.2, -0.15) is 0 Å². The lowest BCUT2D eigenvalue weighted by atomic mass is 10.1. The van der Waals surface area contributed by atoms with Gasteiger partial charge < -0.3 is 13.6 Å². The standard InChI is InChI=1S/C32H22N2O/c1-2-8-21-33(29-18-19-32-28(20-22-35-32)27(29)9-3-1)23-14-16-24(17-15-23)34-30-12-6-4-10-25(30)26-11-5-7-13-31(26)34/h1-22H. The van der Waals surface area contributed by atoms with Crippen LogP contribution in [0.3, 0.4) is 0 Å². The third-order valence-electron chi connectivity index (χ3n) is 6.71. The molecule has 3 aromatic heterocycles. The van der Waals surface area contributed by atoms with Crippen LogP contribution in [0.5, 0.6) is 0 Å². The molecule has 0 spiro atoms. The van der Waals surface area contributed by atoms with Crippen LogP contribution in [0.2, 0.25) is 0 Å². The van der Waals surface area contributed by atoms with Gasteiger partial charge in [0, 0.05) is 39.1 Å². The smallest absolute Gasteiger partial charge is 0.134 e. The molecule has 4 aromatic carbocycles. The Bertz CT molecular complexity index is 1850. The van der Waals surface area contributed by atoms with Crippen molar-refractivity contribution >= 4 is 43.7 Å². The number of benzene rings is 4. The Morgan fingerprint density at radius 2 is 1.03 bits per heavy atom. The predicted octanol–water partition coefficient (Wildman–Crippen LogP) is 8.60. The maximum Gasteiger partial charge on any atom is 0.134 e. The average Bonchev–Trinajstić information content (AvgIpc) is 3.53. The van der Waals surface area contributed by atoms with Crippen LogP contribution in [0.1, 0.15) is 0 Å². The van der Waals surface area contributed by atoms with Gasteiger partial charge >= 0.3 is 0 Å². The highest BCUT2D eigenvalue weighted by molar-refractivity contribution is 6.09. The maximum atomic E-state index is 5.66. The quantitative estimate of drug-likeness (QED) is 0.259. The summed E-state index contributed by atoms with van der Waals surface area (Å²) in [6.45, 7) is 0. The SMILES string of the molecule is c1cccn(-c2ccc(-n3c4ccccc4c4ccccc43)cc2)c2ccc3occc3c2cc1. The summed E-state index contributed by atoms with van der Waals surface area (Å²) >= 11 is 0. The van der Waals surface area contributed by atoms with Crippen LogP contribution in [0.15, 0.2) is 138 Å². The molecule has 0 N–H and O–H groups in total. The highest BCUT2D eigenvalue weighted by Gasteiger charge is 2.11. The van der Waals surface area contributed by atoms with E-state index < -0.39 is 0 Å². The lowest BCUT2D eigenvalue weighted by Gasteiger charge is -2.12. The fourth-order valence-corrected chi connectivity index (χ4v) is 5.12. The van der Waals surface area contributed by atoms with E-state index in [2.05, 4.69) is 118 Å². The molecule has 7 aromatic rings. The molecule has 3 heterocycles. The third-order valence-corrected chi connectivity index (χ3v) is 6.71. The minimum atomic E-state index is 0.891. The summed E-state index contributed by atoms with van der Waals surface area (Å²) in [5, 5.41) is 4.78. The van der Waals surface area contributed by atoms with E-state index in [4.69, 9.17) is 4.42 Å². The fraction of sp³-hybridized carbons (Fsp3) is 0. The zero-order valence-electron chi connectivity index (χ0n) is 19.0. The first-order valence-corrected chi connectivity index (χ1v) is 11.8. The van der Waals surface area contributed by atoms with Crippen LogP contribution in [0, 0.1) is 0 Å². The molecule has 0 aliphatic carbocycles. The van der Waals surface area contributed by atoms with Gasteiger partial charge in [-0.15, -0.1) is 0 Å². The molecule has 166 valence electrons. The van der Waals surface area contributed by atoms with Gasteiger partial charge in [0.1, 0.15) is 5.58 Å². The lowest BCUT2D eigenvalue weighted by molar-refractivity contribution is 0.616. The Labute approximate surface area is 202 Å². The van der Waals surface area contributed by atoms with E-state index >= 15 is 0 Å². The second kappa shape index (κ2) is 7.93. The molecular formula is C32H22N2O. The zero-order chi connectivity index (χ0) is 23.2. The Morgan fingerprint density at radius 1 is 0.429 bits per heavy atom. The normalized spacial score (nSPS) is 11.4. The molecule has 0 atom stereocenters. The lowest BCUT2D eigenvalue weighted by Crippen LogP contribution is -1.97. The molecular weight excluding hydrogens is 428 g/mol. The summed E-state index contributed by atoms with van der Waals surface area (Å²) in [5.74, 6) is 0. The Morgan fingerprint density at radius 3 is 1.77 bits per heavy atom. The van der Waals surface area contributed by atoms with Crippen molar-refractivity contribution in [2.24, 2.45) is 0 Å². The molecule has 0 unspecified atom stereocenters. The Hall–Kier alpha value is -4.76. The summed E-state index contributed by atoms with van der Waals surface area (Å²) < 4.78 is 10.2. The number of para-hydroxylation sites is 2. The van der Waals surface area contributed by atoms with Gasteiger partial charge in [0.15, 0.2) is 0 Å². The molecule has 0 amide bonds. The molecule has 0 fully saturated rings.